The van der Waals surface area contributed by atoms with E-state index in [-0.39, 0.29) is 0 Å². The molecule has 23 heavy (non-hydrogen) atoms. The Hall–Kier alpha value is -0.0400. The summed E-state index contributed by atoms with van der Waals surface area (Å²) in [5, 5.41) is 0. The topological polar surface area (TPSA) is 9.23 Å². The maximum Gasteiger partial charge on any atom is 0.0604 e. The van der Waals surface area contributed by atoms with Crippen LogP contribution in [-0.2, 0) is 4.74 Å². The Labute approximate surface area is 146 Å². The lowest BCUT2D eigenvalue weighted by molar-refractivity contribution is -0.0800. The molecule has 0 N–H and O–H groups in total. The quantitative estimate of drug-likeness (QED) is 0.499. The number of hydrogen-bond donors (Lipinski definition) is 0. The molecule has 0 spiro atoms. The maximum atomic E-state index is 6.82. The van der Waals surface area contributed by atoms with E-state index in [9.17, 15) is 0 Å². The van der Waals surface area contributed by atoms with Crippen molar-refractivity contribution in [3.05, 3.63) is 0 Å². The van der Waals surface area contributed by atoms with Gasteiger partial charge in [-0.1, -0.05) is 78.1 Å². The third-order valence-electron chi connectivity index (χ3n) is 6.51. The van der Waals surface area contributed by atoms with Gasteiger partial charge in [0.25, 0.3) is 0 Å². The van der Waals surface area contributed by atoms with Crippen LogP contribution in [0.1, 0.15) is 117 Å². The first-order chi connectivity index (χ1) is 11.3. The first-order valence-electron chi connectivity index (χ1n) is 11.0. The highest BCUT2D eigenvalue weighted by Crippen LogP contribution is 2.33. The van der Waals surface area contributed by atoms with Gasteiger partial charge in [0.2, 0.25) is 0 Å². The van der Waals surface area contributed by atoms with Crippen molar-refractivity contribution in [2.24, 2.45) is 11.8 Å². The summed E-state index contributed by atoms with van der Waals surface area (Å²) in [5.74, 6) is 1.67. The van der Waals surface area contributed by atoms with E-state index in [1.54, 1.807) is 0 Å². The van der Waals surface area contributed by atoms with E-state index in [0.29, 0.717) is 12.2 Å². The molecule has 2 saturated carbocycles. The van der Waals surface area contributed by atoms with E-state index < -0.39 is 0 Å². The first kappa shape index (κ1) is 19.3. The molecule has 136 valence electrons. The van der Waals surface area contributed by atoms with Crippen LogP contribution in [0.25, 0.3) is 0 Å². The Kier molecular flexibility index (Phi) is 9.65. The van der Waals surface area contributed by atoms with Gasteiger partial charge in [0.1, 0.15) is 0 Å². The molecule has 0 amide bonds. The van der Waals surface area contributed by atoms with Gasteiger partial charge in [-0.2, -0.15) is 0 Å². The van der Waals surface area contributed by atoms with Crippen LogP contribution in [0.2, 0.25) is 0 Å². The second-order valence-corrected chi connectivity index (χ2v) is 8.24. The zero-order valence-electron chi connectivity index (χ0n) is 16.0. The largest absolute Gasteiger partial charge is 0.374 e. The van der Waals surface area contributed by atoms with Crippen molar-refractivity contribution >= 4 is 0 Å². The molecule has 0 saturated heterocycles. The van der Waals surface area contributed by atoms with E-state index in [0.717, 1.165) is 11.8 Å². The van der Waals surface area contributed by atoms with Crippen molar-refractivity contribution in [1.82, 2.24) is 0 Å². The molecule has 1 nitrogen and oxygen atoms in total. The van der Waals surface area contributed by atoms with Crippen LogP contribution in [-0.4, -0.2) is 12.2 Å². The molecule has 0 bridgehead atoms. The number of ether oxygens (including phenoxy) is 1. The Morgan fingerprint density at radius 1 is 0.565 bits per heavy atom. The highest BCUT2D eigenvalue weighted by molar-refractivity contribution is 4.77. The molecule has 0 aliphatic heterocycles. The average molecular weight is 323 g/mol. The first-order valence-corrected chi connectivity index (χ1v) is 11.0. The Balaban J connectivity index is 1.90. The van der Waals surface area contributed by atoms with Crippen LogP contribution >= 0.6 is 0 Å². The van der Waals surface area contributed by atoms with E-state index in [2.05, 4.69) is 13.8 Å². The van der Waals surface area contributed by atoms with Crippen molar-refractivity contribution in [1.29, 1.82) is 0 Å². The predicted octanol–water partition coefficient (Wildman–Crippen LogP) is 7.28. The summed E-state index contributed by atoms with van der Waals surface area (Å²) in [7, 11) is 0. The van der Waals surface area contributed by atoms with Gasteiger partial charge in [-0.3, -0.25) is 0 Å². The normalized spacial score (nSPS) is 25.8. The second-order valence-electron chi connectivity index (χ2n) is 8.24. The van der Waals surface area contributed by atoms with Gasteiger partial charge in [-0.05, 0) is 50.4 Å². The smallest absolute Gasteiger partial charge is 0.0604 e. The van der Waals surface area contributed by atoms with Gasteiger partial charge in [0.15, 0.2) is 0 Å². The summed E-state index contributed by atoms with van der Waals surface area (Å²) in [4.78, 5) is 0. The van der Waals surface area contributed by atoms with Crippen LogP contribution in [0.4, 0.5) is 0 Å². The van der Waals surface area contributed by atoms with Gasteiger partial charge in [0, 0.05) is 0 Å². The Morgan fingerprint density at radius 3 is 1.17 bits per heavy atom. The van der Waals surface area contributed by atoms with Crippen molar-refractivity contribution in [2.45, 2.75) is 129 Å². The van der Waals surface area contributed by atoms with Gasteiger partial charge in [-0.15, -0.1) is 0 Å². The predicted molar refractivity (Wildman–Crippen MR) is 101 cm³/mol. The van der Waals surface area contributed by atoms with Crippen LogP contribution in [0.15, 0.2) is 0 Å². The lowest BCUT2D eigenvalue weighted by Gasteiger charge is -2.35. The highest BCUT2D eigenvalue weighted by atomic mass is 16.5. The van der Waals surface area contributed by atoms with Gasteiger partial charge in [0.05, 0.1) is 12.2 Å². The van der Waals surface area contributed by atoms with Gasteiger partial charge < -0.3 is 4.74 Å². The minimum Gasteiger partial charge on any atom is -0.374 e. The fourth-order valence-electron chi connectivity index (χ4n) is 5.02. The van der Waals surface area contributed by atoms with Gasteiger partial charge in [-0.25, -0.2) is 0 Å². The van der Waals surface area contributed by atoms with E-state index >= 15 is 0 Å². The SMILES string of the molecule is CCC(OC(CC)C1CCCCCCC1)C1CCCCCCC1. The van der Waals surface area contributed by atoms with Crippen molar-refractivity contribution in [2.75, 3.05) is 0 Å². The molecule has 0 aromatic carbocycles. The number of hydrogen-bond acceptors (Lipinski definition) is 1. The minimum atomic E-state index is 0.531. The monoisotopic (exact) mass is 322 g/mol. The second kappa shape index (κ2) is 11.5. The molecule has 0 heterocycles. The zero-order valence-corrected chi connectivity index (χ0v) is 16.0. The molecule has 0 aromatic heterocycles. The molecule has 0 aromatic rings. The van der Waals surface area contributed by atoms with Crippen molar-refractivity contribution < 1.29 is 4.74 Å². The molecule has 0 radical (unpaired) electrons. The summed E-state index contributed by atoms with van der Waals surface area (Å²) < 4.78 is 6.82. The Bertz CT molecular complexity index is 244. The molecule has 2 unspecified atom stereocenters. The van der Waals surface area contributed by atoms with Crippen LogP contribution in [0.5, 0.6) is 0 Å². The summed E-state index contributed by atoms with van der Waals surface area (Å²) in [6.07, 6.45) is 23.6. The minimum absolute atomic E-state index is 0.531. The maximum absolute atomic E-state index is 6.82. The molecule has 2 aliphatic carbocycles. The summed E-state index contributed by atoms with van der Waals surface area (Å²) >= 11 is 0. The summed E-state index contributed by atoms with van der Waals surface area (Å²) in [5.41, 5.74) is 0. The fourth-order valence-corrected chi connectivity index (χ4v) is 5.02. The molecule has 1 heteroatoms. The fraction of sp³-hybridized carbons (Fsp3) is 1.00. The standard InChI is InChI=1S/C22H42O/c1-3-21(19-15-11-7-5-8-12-16-19)23-22(4-2)20-17-13-9-6-10-14-18-20/h19-22H,3-18H2,1-2H3. The summed E-state index contributed by atoms with van der Waals surface area (Å²) in [6, 6.07) is 0. The average Bonchev–Trinajstić information content (AvgIpc) is 2.50. The molecular formula is C22H42O. The van der Waals surface area contributed by atoms with E-state index in [1.165, 1.54) is 103 Å². The van der Waals surface area contributed by atoms with Crippen LogP contribution in [0, 0.1) is 11.8 Å². The molecular weight excluding hydrogens is 280 g/mol. The lowest BCUT2D eigenvalue weighted by atomic mass is 9.84. The van der Waals surface area contributed by atoms with Crippen LogP contribution < -0.4 is 0 Å². The molecule has 2 atom stereocenters. The third-order valence-corrected chi connectivity index (χ3v) is 6.51. The molecule has 2 rings (SSSR count). The zero-order chi connectivity index (χ0) is 16.3. The lowest BCUT2D eigenvalue weighted by Crippen LogP contribution is -2.33. The van der Waals surface area contributed by atoms with Crippen molar-refractivity contribution in [3.63, 3.8) is 0 Å². The van der Waals surface area contributed by atoms with E-state index in [4.69, 9.17) is 4.74 Å². The van der Waals surface area contributed by atoms with Crippen LogP contribution in [0.3, 0.4) is 0 Å². The molecule has 2 aliphatic rings. The highest BCUT2D eigenvalue weighted by Gasteiger charge is 2.28. The van der Waals surface area contributed by atoms with Gasteiger partial charge >= 0.3 is 0 Å². The Morgan fingerprint density at radius 2 is 0.870 bits per heavy atom. The third kappa shape index (κ3) is 6.77. The summed E-state index contributed by atoms with van der Waals surface area (Å²) in [6.45, 7) is 4.71. The molecule has 2 fully saturated rings. The number of rotatable bonds is 6. The van der Waals surface area contributed by atoms with E-state index in [1.807, 2.05) is 0 Å². The van der Waals surface area contributed by atoms with Crippen molar-refractivity contribution in [3.8, 4) is 0 Å².